The number of imidazole rings is 1. The molecule has 0 saturated carbocycles. The van der Waals surface area contributed by atoms with E-state index in [9.17, 15) is 5.11 Å². The second kappa shape index (κ2) is 4.57. The Morgan fingerprint density at radius 3 is 2.86 bits per heavy atom. The molecule has 0 aliphatic rings. The Labute approximate surface area is 85.0 Å². The molecule has 1 atom stereocenters. The van der Waals surface area contributed by atoms with Gasteiger partial charge in [-0.1, -0.05) is 6.92 Å². The van der Waals surface area contributed by atoms with Crippen LogP contribution in [0.5, 0.6) is 0 Å². The lowest BCUT2D eigenvalue weighted by Gasteiger charge is -2.21. The average molecular weight is 197 g/mol. The van der Waals surface area contributed by atoms with Crippen LogP contribution >= 0.6 is 0 Å². The Hall–Kier alpha value is -0.870. The molecule has 14 heavy (non-hydrogen) atoms. The first-order valence-electron chi connectivity index (χ1n) is 4.93. The van der Waals surface area contributed by atoms with E-state index < -0.39 is 5.60 Å². The minimum atomic E-state index is -0.613. The first-order valence-corrected chi connectivity index (χ1v) is 4.93. The van der Waals surface area contributed by atoms with Crippen molar-refractivity contribution in [1.29, 1.82) is 0 Å². The summed E-state index contributed by atoms with van der Waals surface area (Å²) in [5.41, 5.74) is 0.510. The van der Waals surface area contributed by atoms with Crippen LogP contribution in [0.4, 0.5) is 0 Å². The SMILES string of the molecule is CCC(C)(O)CNCc1cncn1C. The Kier molecular flexibility index (Phi) is 3.66. The summed E-state index contributed by atoms with van der Waals surface area (Å²) >= 11 is 0. The smallest absolute Gasteiger partial charge is 0.0945 e. The van der Waals surface area contributed by atoms with Crippen LogP contribution in [0.15, 0.2) is 12.5 Å². The van der Waals surface area contributed by atoms with Crippen molar-refractivity contribution in [1.82, 2.24) is 14.9 Å². The maximum absolute atomic E-state index is 9.74. The molecule has 2 N–H and O–H groups in total. The van der Waals surface area contributed by atoms with Crippen LogP contribution < -0.4 is 5.32 Å². The quantitative estimate of drug-likeness (QED) is 0.729. The van der Waals surface area contributed by atoms with Crippen molar-refractivity contribution < 1.29 is 5.11 Å². The van der Waals surface area contributed by atoms with E-state index >= 15 is 0 Å². The van der Waals surface area contributed by atoms with Gasteiger partial charge < -0.3 is 15.0 Å². The van der Waals surface area contributed by atoms with Crippen molar-refractivity contribution in [3.63, 3.8) is 0 Å². The summed E-state index contributed by atoms with van der Waals surface area (Å²) in [4.78, 5) is 4.02. The van der Waals surface area contributed by atoms with Crippen LogP contribution in [-0.4, -0.2) is 26.8 Å². The average Bonchev–Trinajstić information content (AvgIpc) is 2.52. The van der Waals surface area contributed by atoms with Crippen molar-refractivity contribution in [3.05, 3.63) is 18.2 Å². The van der Waals surface area contributed by atoms with E-state index in [2.05, 4.69) is 10.3 Å². The fourth-order valence-corrected chi connectivity index (χ4v) is 1.14. The van der Waals surface area contributed by atoms with Gasteiger partial charge in [0.2, 0.25) is 0 Å². The summed E-state index contributed by atoms with van der Waals surface area (Å²) < 4.78 is 1.97. The first-order chi connectivity index (χ1) is 6.55. The third-order valence-corrected chi connectivity index (χ3v) is 2.49. The van der Waals surface area contributed by atoms with Gasteiger partial charge in [-0.25, -0.2) is 4.98 Å². The lowest BCUT2D eigenvalue weighted by atomic mass is 10.0. The second-order valence-electron chi connectivity index (χ2n) is 3.95. The number of rotatable bonds is 5. The van der Waals surface area contributed by atoms with E-state index in [1.807, 2.05) is 31.7 Å². The summed E-state index contributed by atoms with van der Waals surface area (Å²) in [7, 11) is 1.96. The van der Waals surface area contributed by atoms with Crippen LogP contribution in [0.2, 0.25) is 0 Å². The number of aryl methyl sites for hydroxylation is 1. The van der Waals surface area contributed by atoms with Gasteiger partial charge in [0.1, 0.15) is 0 Å². The van der Waals surface area contributed by atoms with Crippen LogP contribution in [-0.2, 0) is 13.6 Å². The highest BCUT2D eigenvalue weighted by molar-refractivity contribution is 4.96. The molecule has 0 radical (unpaired) electrons. The van der Waals surface area contributed by atoms with E-state index in [1.54, 1.807) is 6.33 Å². The minimum Gasteiger partial charge on any atom is -0.389 e. The van der Waals surface area contributed by atoms with Gasteiger partial charge in [0.15, 0.2) is 0 Å². The molecule has 1 aromatic rings. The highest BCUT2D eigenvalue weighted by atomic mass is 16.3. The van der Waals surface area contributed by atoms with Gasteiger partial charge >= 0.3 is 0 Å². The first kappa shape index (κ1) is 11.2. The van der Waals surface area contributed by atoms with Gasteiger partial charge in [-0.3, -0.25) is 0 Å². The van der Waals surface area contributed by atoms with Gasteiger partial charge in [-0.05, 0) is 13.3 Å². The molecular weight excluding hydrogens is 178 g/mol. The van der Waals surface area contributed by atoms with Gasteiger partial charge in [0, 0.05) is 26.3 Å². The Morgan fingerprint density at radius 2 is 2.36 bits per heavy atom. The zero-order chi connectivity index (χ0) is 10.6. The molecule has 0 aromatic carbocycles. The zero-order valence-corrected chi connectivity index (χ0v) is 9.12. The van der Waals surface area contributed by atoms with Gasteiger partial charge in [-0.15, -0.1) is 0 Å². The maximum Gasteiger partial charge on any atom is 0.0945 e. The Morgan fingerprint density at radius 1 is 1.64 bits per heavy atom. The fraction of sp³-hybridized carbons (Fsp3) is 0.700. The summed E-state index contributed by atoms with van der Waals surface area (Å²) in [6.07, 6.45) is 4.36. The number of hydrogen-bond acceptors (Lipinski definition) is 3. The number of aliphatic hydroxyl groups is 1. The molecule has 0 aliphatic heterocycles. The Bertz CT molecular complexity index is 281. The van der Waals surface area contributed by atoms with Crippen LogP contribution in [0.3, 0.4) is 0 Å². The molecule has 1 aromatic heterocycles. The van der Waals surface area contributed by atoms with Gasteiger partial charge in [0.05, 0.1) is 17.6 Å². The Balaban J connectivity index is 2.32. The van der Waals surface area contributed by atoms with Crippen molar-refractivity contribution in [3.8, 4) is 0 Å². The molecule has 0 saturated heterocycles. The van der Waals surface area contributed by atoms with Crippen molar-refractivity contribution in [2.45, 2.75) is 32.4 Å². The molecule has 1 rings (SSSR count). The fourth-order valence-electron chi connectivity index (χ4n) is 1.14. The topological polar surface area (TPSA) is 50.1 Å². The number of hydrogen-bond donors (Lipinski definition) is 2. The summed E-state index contributed by atoms with van der Waals surface area (Å²) in [5, 5.41) is 12.9. The van der Waals surface area contributed by atoms with Crippen LogP contribution in [0, 0.1) is 0 Å². The normalized spacial score (nSPS) is 15.4. The molecule has 0 fully saturated rings. The molecule has 1 heterocycles. The third kappa shape index (κ3) is 3.12. The lowest BCUT2D eigenvalue weighted by molar-refractivity contribution is 0.0554. The van der Waals surface area contributed by atoms with E-state index in [0.717, 1.165) is 18.7 Å². The van der Waals surface area contributed by atoms with Crippen molar-refractivity contribution in [2.24, 2.45) is 7.05 Å². The summed E-state index contributed by atoms with van der Waals surface area (Å²) in [6, 6.07) is 0. The molecule has 0 aliphatic carbocycles. The molecular formula is C10H19N3O. The molecule has 0 bridgehead atoms. The lowest BCUT2D eigenvalue weighted by Crippen LogP contribution is -2.37. The minimum absolute atomic E-state index is 0.606. The molecule has 0 spiro atoms. The standard InChI is InChI=1S/C10H19N3O/c1-4-10(2,14)7-11-5-9-6-12-8-13(9)3/h6,8,11,14H,4-5,7H2,1-3H3. The zero-order valence-electron chi connectivity index (χ0n) is 9.12. The highest BCUT2D eigenvalue weighted by Gasteiger charge is 2.16. The molecule has 80 valence electrons. The number of aromatic nitrogens is 2. The maximum atomic E-state index is 9.74. The molecule has 4 heteroatoms. The summed E-state index contributed by atoms with van der Waals surface area (Å²) in [6.45, 7) is 5.16. The monoisotopic (exact) mass is 197 g/mol. The van der Waals surface area contributed by atoms with E-state index in [1.165, 1.54) is 0 Å². The second-order valence-corrected chi connectivity index (χ2v) is 3.95. The highest BCUT2D eigenvalue weighted by Crippen LogP contribution is 2.06. The number of nitrogens with zero attached hydrogens (tertiary/aromatic N) is 2. The molecule has 4 nitrogen and oxygen atoms in total. The number of nitrogens with one attached hydrogen (secondary N) is 1. The van der Waals surface area contributed by atoms with Crippen molar-refractivity contribution in [2.75, 3.05) is 6.54 Å². The van der Waals surface area contributed by atoms with E-state index in [0.29, 0.717) is 6.54 Å². The van der Waals surface area contributed by atoms with Crippen molar-refractivity contribution >= 4 is 0 Å². The van der Waals surface area contributed by atoms with Gasteiger partial charge in [0.25, 0.3) is 0 Å². The van der Waals surface area contributed by atoms with E-state index in [4.69, 9.17) is 0 Å². The largest absolute Gasteiger partial charge is 0.389 e. The van der Waals surface area contributed by atoms with Gasteiger partial charge in [-0.2, -0.15) is 0 Å². The predicted octanol–water partition coefficient (Wildman–Crippen LogP) is 0.671. The van der Waals surface area contributed by atoms with Crippen LogP contribution in [0.25, 0.3) is 0 Å². The van der Waals surface area contributed by atoms with Crippen LogP contribution in [0.1, 0.15) is 26.0 Å². The van der Waals surface area contributed by atoms with E-state index in [-0.39, 0.29) is 0 Å². The molecule has 1 unspecified atom stereocenters. The molecule has 0 amide bonds. The third-order valence-electron chi connectivity index (χ3n) is 2.49. The predicted molar refractivity (Wildman–Crippen MR) is 55.8 cm³/mol. The summed E-state index contributed by atoms with van der Waals surface area (Å²) in [5.74, 6) is 0.